The Kier molecular flexibility index (Phi) is 7.38. The number of hydrogen-bond acceptors (Lipinski definition) is 8. The van der Waals surface area contributed by atoms with Crippen LogP contribution in [-0.4, -0.2) is 31.0 Å². The molecule has 3 N–H and O–H groups in total. The summed E-state index contributed by atoms with van der Waals surface area (Å²) < 4.78 is 65.8. The van der Waals surface area contributed by atoms with Crippen molar-refractivity contribution in [3.63, 3.8) is 0 Å². The van der Waals surface area contributed by atoms with Gasteiger partial charge >= 0.3 is 59.1 Å². The standard InChI is InChI=1S/C10H9NO7S2.2Na/c11-10-7-3-5(19(13,14)15)4-8(12)6(7)1-2-9(10)20(16,17)18;;/h1-4,12H,11H2,(H,13,14,15)(H,16,17,18);;/q;2*+1/p-2. The van der Waals surface area contributed by atoms with Gasteiger partial charge in [0, 0.05) is 10.8 Å². The Bertz CT molecular complexity index is 926. The molecule has 2 aromatic rings. The minimum atomic E-state index is -4.87. The van der Waals surface area contributed by atoms with E-state index >= 15 is 0 Å². The molecule has 0 spiro atoms. The van der Waals surface area contributed by atoms with Gasteiger partial charge in [0.2, 0.25) is 0 Å². The quantitative estimate of drug-likeness (QED) is 0.303. The largest absolute Gasteiger partial charge is 1.00 e. The fraction of sp³-hybridized carbons (Fsp3) is 0. The van der Waals surface area contributed by atoms with E-state index in [1.54, 1.807) is 0 Å². The maximum absolute atomic E-state index is 11.0. The molecule has 2 aromatic carbocycles. The third kappa shape index (κ3) is 4.35. The van der Waals surface area contributed by atoms with Crippen LogP contribution in [0.25, 0.3) is 10.8 Å². The van der Waals surface area contributed by atoms with Crippen LogP contribution in [0.2, 0.25) is 0 Å². The summed E-state index contributed by atoms with van der Waals surface area (Å²) in [6, 6.07) is 3.51. The van der Waals surface area contributed by atoms with Crippen LogP contribution in [0.5, 0.6) is 5.75 Å². The SMILES string of the molecule is Nc1c(S(=O)(=O)[O-])ccc2c(O)cc(S(=O)(=O)[O-])cc12.[Na+].[Na+]. The molecule has 12 heteroatoms. The number of aromatic hydroxyl groups is 1. The second kappa shape index (κ2) is 7.34. The first-order chi connectivity index (χ1) is 9.01. The normalized spacial score (nSPS) is 11.5. The van der Waals surface area contributed by atoms with Gasteiger partial charge in [-0.15, -0.1) is 0 Å². The van der Waals surface area contributed by atoms with Crippen molar-refractivity contribution in [1.29, 1.82) is 0 Å². The molecule has 0 aliphatic carbocycles. The minimum Gasteiger partial charge on any atom is -0.744 e. The zero-order valence-corrected chi connectivity index (χ0v) is 17.2. The Morgan fingerprint density at radius 1 is 0.909 bits per heavy atom. The van der Waals surface area contributed by atoms with Crippen LogP contribution in [0.15, 0.2) is 34.1 Å². The van der Waals surface area contributed by atoms with Crippen LogP contribution in [0.3, 0.4) is 0 Å². The van der Waals surface area contributed by atoms with Crippen LogP contribution < -0.4 is 64.8 Å². The minimum absolute atomic E-state index is 0. The Balaban J connectivity index is 0.00000220. The number of rotatable bonds is 2. The van der Waals surface area contributed by atoms with Crippen LogP contribution in [0.1, 0.15) is 0 Å². The first-order valence-electron chi connectivity index (χ1n) is 4.99. The van der Waals surface area contributed by atoms with E-state index in [9.17, 15) is 31.0 Å². The first kappa shape index (κ1) is 22.1. The molecule has 0 saturated carbocycles. The van der Waals surface area contributed by atoms with Crippen molar-refractivity contribution in [1.82, 2.24) is 0 Å². The molecule has 0 aliphatic rings. The number of phenols is 1. The summed E-state index contributed by atoms with van der Waals surface area (Å²) in [6.07, 6.45) is 0. The van der Waals surface area contributed by atoms with Crippen molar-refractivity contribution in [3.05, 3.63) is 24.3 Å². The van der Waals surface area contributed by atoms with Crippen molar-refractivity contribution in [2.75, 3.05) is 5.73 Å². The molecule has 2 rings (SSSR count). The topological polar surface area (TPSA) is 161 Å². The monoisotopic (exact) mass is 363 g/mol. The molecule has 0 unspecified atom stereocenters. The second-order valence-electron chi connectivity index (χ2n) is 3.92. The van der Waals surface area contributed by atoms with Crippen molar-refractivity contribution in [3.8, 4) is 5.75 Å². The molecule has 0 atom stereocenters. The summed E-state index contributed by atoms with van der Waals surface area (Å²) in [4.78, 5) is -1.54. The van der Waals surface area contributed by atoms with Crippen LogP contribution in [0.4, 0.5) is 5.69 Å². The Morgan fingerprint density at radius 3 is 1.91 bits per heavy atom. The fourth-order valence-electron chi connectivity index (χ4n) is 1.75. The van der Waals surface area contributed by atoms with Crippen LogP contribution in [-0.2, 0) is 20.2 Å². The van der Waals surface area contributed by atoms with Crippen molar-refractivity contribution < 1.29 is 90.2 Å². The number of phenolic OH excluding ortho intramolecular Hbond substituents is 1. The number of nitrogen functional groups attached to an aromatic ring is 1. The maximum atomic E-state index is 11.0. The maximum Gasteiger partial charge on any atom is 1.00 e. The van der Waals surface area contributed by atoms with Crippen LogP contribution in [0, 0.1) is 0 Å². The van der Waals surface area contributed by atoms with E-state index in [4.69, 9.17) is 5.73 Å². The molecule has 0 aliphatic heterocycles. The summed E-state index contributed by atoms with van der Waals surface area (Å²) in [5.41, 5.74) is 4.97. The predicted molar refractivity (Wildman–Crippen MR) is 66.0 cm³/mol. The van der Waals surface area contributed by atoms with Gasteiger partial charge in [0.05, 0.1) is 15.5 Å². The summed E-state index contributed by atoms with van der Waals surface area (Å²) >= 11 is 0. The van der Waals surface area contributed by atoms with Gasteiger partial charge in [0.1, 0.15) is 26.0 Å². The number of nitrogens with two attached hydrogens (primary N) is 1. The van der Waals surface area contributed by atoms with E-state index in [0.29, 0.717) is 0 Å². The molecule has 8 nitrogen and oxygen atoms in total. The summed E-state index contributed by atoms with van der Waals surface area (Å²) in [7, 11) is -9.75. The van der Waals surface area contributed by atoms with E-state index in [1.165, 1.54) is 0 Å². The van der Waals surface area contributed by atoms with E-state index < -0.39 is 41.5 Å². The van der Waals surface area contributed by atoms with Gasteiger partial charge in [-0.2, -0.15) is 0 Å². The first-order valence-corrected chi connectivity index (χ1v) is 7.80. The summed E-state index contributed by atoms with van der Waals surface area (Å²) in [5, 5.41) is 9.45. The van der Waals surface area contributed by atoms with Gasteiger partial charge in [0.15, 0.2) is 0 Å². The third-order valence-corrected chi connectivity index (χ3v) is 4.35. The Morgan fingerprint density at radius 2 is 1.45 bits per heavy atom. The number of fused-ring (bicyclic) bond motifs is 1. The van der Waals surface area contributed by atoms with Crippen molar-refractivity contribution in [2.24, 2.45) is 0 Å². The second-order valence-corrected chi connectivity index (χ2v) is 6.65. The molecule has 0 fully saturated rings. The molecule has 22 heavy (non-hydrogen) atoms. The van der Waals surface area contributed by atoms with Gasteiger partial charge in [-0.1, -0.05) is 0 Å². The molecular formula is C10H7NNa2O7S2. The van der Waals surface area contributed by atoms with Crippen molar-refractivity contribution in [2.45, 2.75) is 9.79 Å². The van der Waals surface area contributed by atoms with E-state index in [0.717, 1.165) is 24.3 Å². The van der Waals surface area contributed by atoms with E-state index in [2.05, 4.69) is 0 Å². The fourth-order valence-corrected chi connectivity index (χ4v) is 2.89. The zero-order chi connectivity index (χ0) is 15.3. The van der Waals surface area contributed by atoms with Gasteiger partial charge in [-0.25, -0.2) is 16.8 Å². The molecule has 108 valence electrons. The predicted octanol–water partition coefficient (Wildman–Crippen LogP) is -6.06. The van der Waals surface area contributed by atoms with Gasteiger partial charge in [-0.3, -0.25) is 0 Å². The van der Waals surface area contributed by atoms with Gasteiger partial charge in [-0.05, 0) is 24.3 Å². The van der Waals surface area contributed by atoms with Crippen molar-refractivity contribution >= 4 is 36.7 Å². The molecule has 0 bridgehead atoms. The van der Waals surface area contributed by atoms with E-state index in [1.807, 2.05) is 0 Å². The molecule has 0 heterocycles. The van der Waals surface area contributed by atoms with Gasteiger partial charge in [0.25, 0.3) is 0 Å². The zero-order valence-electron chi connectivity index (χ0n) is 11.6. The average Bonchev–Trinajstić information content (AvgIpc) is 2.27. The molecule has 0 amide bonds. The third-order valence-electron chi connectivity index (χ3n) is 2.65. The molecule has 0 radical (unpaired) electrons. The number of anilines is 1. The Labute approximate surface area is 170 Å². The molecule has 0 saturated heterocycles. The molecular weight excluding hydrogens is 356 g/mol. The smallest absolute Gasteiger partial charge is 0.744 e. The summed E-state index contributed by atoms with van der Waals surface area (Å²) in [6.45, 7) is 0. The average molecular weight is 363 g/mol. The van der Waals surface area contributed by atoms with E-state index in [-0.39, 0.29) is 69.9 Å². The molecule has 0 aromatic heterocycles. The number of benzene rings is 2. The number of hydrogen-bond donors (Lipinski definition) is 2. The Hall–Kier alpha value is 0.120. The summed E-state index contributed by atoms with van der Waals surface area (Å²) in [5.74, 6) is -0.571. The van der Waals surface area contributed by atoms with Crippen LogP contribution >= 0.6 is 0 Å². The van der Waals surface area contributed by atoms with Gasteiger partial charge < -0.3 is 19.9 Å².